The van der Waals surface area contributed by atoms with E-state index in [4.69, 9.17) is 5.26 Å². The fraction of sp³-hybridized carbons (Fsp3) is 0.250. The van der Waals surface area contributed by atoms with E-state index < -0.39 is 15.9 Å². The maximum atomic E-state index is 12.3. The third-order valence-corrected chi connectivity index (χ3v) is 5.96. The summed E-state index contributed by atoms with van der Waals surface area (Å²) in [5, 5.41) is 12.6. The van der Waals surface area contributed by atoms with Crippen molar-refractivity contribution in [2.75, 3.05) is 32.6 Å². The molecule has 0 saturated carbocycles. The maximum Gasteiger partial charge on any atom is 0.271 e. The van der Waals surface area contributed by atoms with Crippen LogP contribution < -0.4 is 10.3 Å². The van der Waals surface area contributed by atoms with Gasteiger partial charge in [0.1, 0.15) is 0 Å². The van der Waals surface area contributed by atoms with Crippen molar-refractivity contribution in [3.8, 4) is 6.07 Å². The molecule has 0 atom stereocenters. The molecule has 152 valence electrons. The lowest BCUT2D eigenvalue weighted by Crippen LogP contribution is -2.23. The van der Waals surface area contributed by atoms with Crippen LogP contribution in [0.3, 0.4) is 0 Å². The number of rotatable bonds is 8. The van der Waals surface area contributed by atoms with Gasteiger partial charge in [0.05, 0.1) is 23.6 Å². The number of nitrogens with one attached hydrogen (secondary N) is 1. The standard InChI is InChI=1S/C20H23N5O3S/c1-24(2)29(27,28)19-7-4-6-17(14-19)20(26)23-22-15-16-8-10-18(11-9-16)25(3)13-5-12-21/h4,6-11,14-15H,5,13H2,1-3H3,(H,23,26)/b22-15-. The van der Waals surface area contributed by atoms with Crippen molar-refractivity contribution in [1.82, 2.24) is 9.73 Å². The van der Waals surface area contributed by atoms with Gasteiger partial charge in [-0.25, -0.2) is 18.1 Å². The number of carbonyl (C=O) groups is 1. The second kappa shape index (κ2) is 9.82. The van der Waals surface area contributed by atoms with Crippen molar-refractivity contribution in [1.29, 1.82) is 5.26 Å². The third kappa shape index (κ3) is 5.88. The molecule has 2 aromatic rings. The minimum Gasteiger partial charge on any atom is -0.374 e. The van der Waals surface area contributed by atoms with E-state index in [-0.39, 0.29) is 10.5 Å². The summed E-state index contributed by atoms with van der Waals surface area (Å²) >= 11 is 0. The highest BCUT2D eigenvalue weighted by Crippen LogP contribution is 2.15. The van der Waals surface area contributed by atoms with E-state index in [1.807, 2.05) is 36.2 Å². The zero-order chi connectivity index (χ0) is 21.4. The Morgan fingerprint density at radius 1 is 1.17 bits per heavy atom. The molecule has 0 radical (unpaired) electrons. The Kier molecular flexibility index (Phi) is 7.47. The van der Waals surface area contributed by atoms with Crippen molar-refractivity contribution in [2.45, 2.75) is 11.3 Å². The predicted octanol–water partition coefficient (Wildman–Crippen LogP) is 2.05. The molecule has 2 aromatic carbocycles. The molecule has 0 bridgehead atoms. The normalized spacial score (nSPS) is 11.4. The van der Waals surface area contributed by atoms with Gasteiger partial charge in [-0.3, -0.25) is 4.79 Å². The van der Waals surface area contributed by atoms with E-state index in [9.17, 15) is 13.2 Å². The molecule has 1 amide bonds. The van der Waals surface area contributed by atoms with Crippen LogP contribution >= 0.6 is 0 Å². The van der Waals surface area contributed by atoms with Crippen molar-refractivity contribution in [3.05, 3.63) is 59.7 Å². The Hall–Kier alpha value is -3.22. The summed E-state index contributed by atoms with van der Waals surface area (Å²) < 4.78 is 25.5. The molecule has 8 nitrogen and oxygen atoms in total. The molecule has 0 aliphatic carbocycles. The summed E-state index contributed by atoms with van der Waals surface area (Å²) in [6.45, 7) is 0.641. The molecule has 0 spiro atoms. The number of hydrogen-bond donors (Lipinski definition) is 1. The van der Waals surface area contributed by atoms with Crippen LogP contribution in [-0.2, 0) is 10.0 Å². The first kappa shape index (κ1) is 22.1. The quantitative estimate of drug-likeness (QED) is 0.527. The van der Waals surface area contributed by atoms with Crippen LogP contribution in [0.15, 0.2) is 58.5 Å². The monoisotopic (exact) mass is 413 g/mol. The first-order chi connectivity index (χ1) is 13.8. The summed E-state index contributed by atoms with van der Waals surface area (Å²) in [7, 11) is 1.15. The number of benzene rings is 2. The molecule has 0 aliphatic heterocycles. The van der Waals surface area contributed by atoms with Gasteiger partial charge in [0.2, 0.25) is 10.0 Å². The van der Waals surface area contributed by atoms with Gasteiger partial charge in [-0.1, -0.05) is 18.2 Å². The van der Waals surface area contributed by atoms with Gasteiger partial charge in [0, 0.05) is 38.9 Å². The highest BCUT2D eigenvalue weighted by molar-refractivity contribution is 7.89. The topological polar surface area (TPSA) is 106 Å². The summed E-state index contributed by atoms with van der Waals surface area (Å²) in [6.07, 6.45) is 1.94. The molecular weight excluding hydrogens is 390 g/mol. The number of hydrogen-bond acceptors (Lipinski definition) is 6. The maximum absolute atomic E-state index is 12.3. The molecule has 0 fully saturated rings. The number of sulfonamides is 1. The molecule has 1 N–H and O–H groups in total. The van der Waals surface area contributed by atoms with Crippen LogP contribution in [0.2, 0.25) is 0 Å². The fourth-order valence-electron chi connectivity index (χ4n) is 2.40. The van der Waals surface area contributed by atoms with Gasteiger partial charge < -0.3 is 4.90 Å². The first-order valence-corrected chi connectivity index (χ1v) is 10.2. The summed E-state index contributed by atoms with van der Waals surface area (Å²) in [5.41, 5.74) is 4.35. The second-order valence-electron chi connectivity index (χ2n) is 6.44. The molecule has 0 aromatic heterocycles. The van der Waals surface area contributed by atoms with Gasteiger partial charge >= 0.3 is 0 Å². The van der Waals surface area contributed by atoms with E-state index >= 15 is 0 Å². The zero-order valence-electron chi connectivity index (χ0n) is 16.5. The van der Waals surface area contributed by atoms with Crippen LogP contribution in [0.5, 0.6) is 0 Å². The minimum absolute atomic E-state index is 0.0373. The van der Waals surface area contributed by atoms with Crippen LogP contribution in [0, 0.1) is 11.3 Å². The van der Waals surface area contributed by atoms with Gasteiger partial charge in [0.25, 0.3) is 5.91 Å². The Bertz CT molecular complexity index is 1020. The summed E-state index contributed by atoms with van der Waals surface area (Å²) in [6, 6.07) is 15.4. The van der Waals surface area contributed by atoms with Crippen LogP contribution in [0.25, 0.3) is 0 Å². The van der Waals surface area contributed by atoms with Crippen molar-refractivity contribution < 1.29 is 13.2 Å². The Morgan fingerprint density at radius 3 is 2.48 bits per heavy atom. The van der Waals surface area contributed by atoms with Crippen LogP contribution in [0.1, 0.15) is 22.3 Å². The van der Waals surface area contributed by atoms with Crippen molar-refractivity contribution >= 4 is 27.8 Å². The molecule has 0 saturated heterocycles. The van der Waals surface area contributed by atoms with E-state index in [1.165, 1.54) is 44.6 Å². The smallest absolute Gasteiger partial charge is 0.271 e. The van der Waals surface area contributed by atoms with Crippen LogP contribution in [-0.4, -0.2) is 52.5 Å². The Morgan fingerprint density at radius 2 is 1.86 bits per heavy atom. The lowest BCUT2D eigenvalue weighted by molar-refractivity contribution is 0.0955. The molecule has 0 aliphatic rings. The number of hydrazone groups is 1. The summed E-state index contributed by atoms with van der Waals surface area (Å²) in [5.74, 6) is -0.509. The highest BCUT2D eigenvalue weighted by atomic mass is 32.2. The van der Waals surface area contributed by atoms with Gasteiger partial charge in [-0.2, -0.15) is 10.4 Å². The van der Waals surface area contributed by atoms with E-state index in [0.717, 1.165) is 15.6 Å². The van der Waals surface area contributed by atoms with Gasteiger partial charge in [-0.15, -0.1) is 0 Å². The predicted molar refractivity (Wildman–Crippen MR) is 112 cm³/mol. The Labute approximate surface area is 171 Å². The summed E-state index contributed by atoms with van der Waals surface area (Å²) in [4.78, 5) is 14.3. The number of nitriles is 1. The van der Waals surface area contributed by atoms with Crippen molar-refractivity contribution in [3.63, 3.8) is 0 Å². The van der Waals surface area contributed by atoms with Crippen LogP contribution in [0.4, 0.5) is 5.69 Å². The average Bonchev–Trinajstić information content (AvgIpc) is 2.72. The lowest BCUT2D eigenvalue weighted by atomic mass is 10.2. The second-order valence-corrected chi connectivity index (χ2v) is 8.59. The van der Waals surface area contributed by atoms with Gasteiger partial charge in [0.15, 0.2) is 0 Å². The SMILES string of the molecule is CN(CCC#N)c1ccc(/C=N\NC(=O)c2cccc(S(=O)(=O)N(C)C)c2)cc1. The third-order valence-electron chi connectivity index (χ3n) is 4.15. The van der Waals surface area contributed by atoms with E-state index in [1.54, 1.807) is 0 Å². The molecule has 0 unspecified atom stereocenters. The molecular formula is C20H23N5O3S. The largest absolute Gasteiger partial charge is 0.374 e. The van der Waals surface area contributed by atoms with Gasteiger partial charge in [-0.05, 0) is 35.9 Å². The lowest BCUT2D eigenvalue weighted by Gasteiger charge is -2.17. The number of anilines is 1. The highest BCUT2D eigenvalue weighted by Gasteiger charge is 2.18. The fourth-order valence-corrected chi connectivity index (χ4v) is 3.35. The minimum atomic E-state index is -3.62. The number of carbonyl (C=O) groups excluding carboxylic acids is 1. The van der Waals surface area contributed by atoms with Crippen molar-refractivity contribution in [2.24, 2.45) is 5.10 Å². The molecule has 9 heteroatoms. The van der Waals surface area contributed by atoms with E-state index in [0.29, 0.717) is 13.0 Å². The Balaban J connectivity index is 2.02. The van der Waals surface area contributed by atoms with E-state index in [2.05, 4.69) is 16.6 Å². The molecule has 0 heterocycles. The average molecular weight is 414 g/mol. The zero-order valence-corrected chi connectivity index (χ0v) is 17.3. The molecule has 29 heavy (non-hydrogen) atoms. The number of amides is 1. The number of nitrogens with zero attached hydrogens (tertiary/aromatic N) is 4. The molecule has 2 rings (SSSR count). The first-order valence-electron chi connectivity index (χ1n) is 8.80.